The van der Waals surface area contributed by atoms with Gasteiger partial charge in [0, 0.05) is 32.1 Å². The Morgan fingerprint density at radius 1 is 1.28 bits per heavy atom. The number of anilines is 2. The summed E-state index contributed by atoms with van der Waals surface area (Å²) in [6, 6.07) is 0.484. The average molecular weight is 250 g/mol. The SMILES string of the molecule is CCCc1nc(NC)c(C)c(N(C)C(C)CC)n1. The zero-order valence-corrected chi connectivity index (χ0v) is 12.5. The van der Waals surface area contributed by atoms with Gasteiger partial charge in [0.05, 0.1) is 0 Å². The Labute approximate surface area is 111 Å². The molecule has 0 fully saturated rings. The Balaban J connectivity index is 3.19. The van der Waals surface area contributed by atoms with Crippen LogP contribution in [0.15, 0.2) is 0 Å². The molecule has 1 rings (SSSR count). The lowest BCUT2D eigenvalue weighted by Crippen LogP contribution is -2.30. The van der Waals surface area contributed by atoms with Gasteiger partial charge in [0.25, 0.3) is 0 Å². The molecular weight excluding hydrogens is 224 g/mol. The first-order chi connectivity index (χ1) is 8.54. The van der Waals surface area contributed by atoms with E-state index in [1.807, 2.05) is 7.05 Å². The Hall–Kier alpha value is -1.32. The van der Waals surface area contributed by atoms with Gasteiger partial charge in [-0.2, -0.15) is 0 Å². The monoisotopic (exact) mass is 250 g/mol. The normalized spacial score (nSPS) is 12.3. The van der Waals surface area contributed by atoms with E-state index in [9.17, 15) is 0 Å². The third-order valence-electron chi connectivity index (χ3n) is 3.46. The van der Waals surface area contributed by atoms with Crippen molar-refractivity contribution in [3.63, 3.8) is 0 Å². The molecule has 4 nitrogen and oxygen atoms in total. The molecule has 18 heavy (non-hydrogen) atoms. The van der Waals surface area contributed by atoms with Crippen LogP contribution in [0.5, 0.6) is 0 Å². The second-order valence-electron chi connectivity index (χ2n) is 4.81. The minimum atomic E-state index is 0.484. The van der Waals surface area contributed by atoms with Crippen molar-refractivity contribution in [1.29, 1.82) is 0 Å². The topological polar surface area (TPSA) is 41.1 Å². The molecule has 1 aromatic heterocycles. The van der Waals surface area contributed by atoms with Gasteiger partial charge in [0.15, 0.2) is 0 Å². The lowest BCUT2D eigenvalue weighted by molar-refractivity contribution is 0.651. The van der Waals surface area contributed by atoms with Crippen molar-refractivity contribution in [2.24, 2.45) is 0 Å². The van der Waals surface area contributed by atoms with Crippen LogP contribution >= 0.6 is 0 Å². The average Bonchev–Trinajstić information content (AvgIpc) is 2.39. The van der Waals surface area contributed by atoms with E-state index in [-0.39, 0.29) is 0 Å². The predicted molar refractivity (Wildman–Crippen MR) is 78.5 cm³/mol. The molecule has 0 spiro atoms. The molecule has 0 saturated carbocycles. The summed E-state index contributed by atoms with van der Waals surface area (Å²) in [5.41, 5.74) is 1.13. The van der Waals surface area contributed by atoms with Crippen molar-refractivity contribution < 1.29 is 0 Å². The van der Waals surface area contributed by atoms with Crippen LogP contribution in [0.4, 0.5) is 11.6 Å². The number of aryl methyl sites for hydroxylation is 1. The van der Waals surface area contributed by atoms with Gasteiger partial charge in [-0.05, 0) is 26.7 Å². The zero-order chi connectivity index (χ0) is 13.7. The highest BCUT2D eigenvalue weighted by Gasteiger charge is 2.16. The Bertz CT molecular complexity index is 390. The van der Waals surface area contributed by atoms with Crippen molar-refractivity contribution in [3.05, 3.63) is 11.4 Å². The summed E-state index contributed by atoms with van der Waals surface area (Å²) in [5, 5.41) is 3.17. The van der Waals surface area contributed by atoms with Crippen LogP contribution < -0.4 is 10.2 Å². The van der Waals surface area contributed by atoms with Crippen molar-refractivity contribution >= 4 is 11.6 Å². The van der Waals surface area contributed by atoms with E-state index in [1.54, 1.807) is 0 Å². The van der Waals surface area contributed by atoms with E-state index in [1.165, 1.54) is 0 Å². The third-order valence-corrected chi connectivity index (χ3v) is 3.46. The van der Waals surface area contributed by atoms with E-state index in [4.69, 9.17) is 4.98 Å². The minimum Gasteiger partial charge on any atom is -0.373 e. The summed E-state index contributed by atoms with van der Waals surface area (Å²) >= 11 is 0. The number of hydrogen-bond acceptors (Lipinski definition) is 4. The van der Waals surface area contributed by atoms with Crippen LogP contribution in [0, 0.1) is 6.92 Å². The van der Waals surface area contributed by atoms with Crippen LogP contribution in [0.1, 0.15) is 45.0 Å². The van der Waals surface area contributed by atoms with Crippen molar-refractivity contribution in [3.8, 4) is 0 Å². The van der Waals surface area contributed by atoms with Gasteiger partial charge in [-0.25, -0.2) is 9.97 Å². The smallest absolute Gasteiger partial charge is 0.137 e. The molecule has 0 aliphatic carbocycles. The predicted octanol–water partition coefficient (Wildman–Crippen LogP) is 3.01. The van der Waals surface area contributed by atoms with Crippen molar-refractivity contribution in [2.75, 3.05) is 24.3 Å². The number of aromatic nitrogens is 2. The fourth-order valence-corrected chi connectivity index (χ4v) is 1.95. The first-order valence-electron chi connectivity index (χ1n) is 6.83. The maximum atomic E-state index is 4.71. The molecule has 0 bridgehead atoms. The summed E-state index contributed by atoms with van der Waals surface area (Å²) in [4.78, 5) is 11.5. The Kier molecular flexibility index (Phi) is 5.38. The van der Waals surface area contributed by atoms with E-state index in [0.717, 1.165) is 42.3 Å². The second-order valence-corrected chi connectivity index (χ2v) is 4.81. The number of nitrogens with one attached hydrogen (secondary N) is 1. The molecule has 0 amide bonds. The van der Waals surface area contributed by atoms with Crippen LogP contribution in [0.3, 0.4) is 0 Å². The first kappa shape index (κ1) is 14.7. The maximum absolute atomic E-state index is 4.71. The molecular formula is C14H26N4. The van der Waals surface area contributed by atoms with Crippen LogP contribution in [0.2, 0.25) is 0 Å². The van der Waals surface area contributed by atoms with Gasteiger partial charge in [-0.3, -0.25) is 0 Å². The van der Waals surface area contributed by atoms with Gasteiger partial charge in [-0.15, -0.1) is 0 Å². The number of nitrogens with zero attached hydrogens (tertiary/aromatic N) is 3. The maximum Gasteiger partial charge on any atom is 0.137 e. The third kappa shape index (κ3) is 3.12. The highest BCUT2D eigenvalue weighted by atomic mass is 15.2. The van der Waals surface area contributed by atoms with Crippen LogP contribution in [0.25, 0.3) is 0 Å². The highest BCUT2D eigenvalue weighted by Crippen LogP contribution is 2.24. The van der Waals surface area contributed by atoms with Gasteiger partial charge in [0.2, 0.25) is 0 Å². The van der Waals surface area contributed by atoms with Gasteiger partial charge >= 0.3 is 0 Å². The van der Waals surface area contributed by atoms with Gasteiger partial charge < -0.3 is 10.2 Å². The van der Waals surface area contributed by atoms with Crippen LogP contribution in [-0.2, 0) is 6.42 Å². The highest BCUT2D eigenvalue weighted by molar-refractivity contribution is 5.58. The molecule has 0 aromatic carbocycles. The molecule has 0 radical (unpaired) electrons. The number of rotatable bonds is 6. The van der Waals surface area contributed by atoms with Crippen molar-refractivity contribution in [2.45, 2.75) is 53.0 Å². The van der Waals surface area contributed by atoms with Gasteiger partial charge in [-0.1, -0.05) is 13.8 Å². The van der Waals surface area contributed by atoms with Crippen LogP contribution in [-0.4, -0.2) is 30.1 Å². The summed E-state index contributed by atoms with van der Waals surface area (Å²) in [6.07, 6.45) is 3.10. The fraction of sp³-hybridized carbons (Fsp3) is 0.714. The summed E-state index contributed by atoms with van der Waals surface area (Å²) in [7, 11) is 4.02. The molecule has 0 aliphatic heterocycles. The van der Waals surface area contributed by atoms with E-state index < -0.39 is 0 Å². The zero-order valence-electron chi connectivity index (χ0n) is 12.5. The molecule has 1 atom stereocenters. The van der Waals surface area contributed by atoms with E-state index >= 15 is 0 Å². The summed E-state index contributed by atoms with van der Waals surface area (Å²) in [6.45, 7) is 8.65. The molecule has 4 heteroatoms. The fourth-order valence-electron chi connectivity index (χ4n) is 1.95. The molecule has 1 N–H and O–H groups in total. The quantitative estimate of drug-likeness (QED) is 0.842. The lowest BCUT2D eigenvalue weighted by Gasteiger charge is -2.27. The molecule has 0 aliphatic rings. The minimum absolute atomic E-state index is 0.484. The molecule has 1 heterocycles. The summed E-state index contributed by atoms with van der Waals surface area (Å²) in [5.74, 6) is 2.92. The van der Waals surface area contributed by atoms with Crippen molar-refractivity contribution in [1.82, 2.24) is 9.97 Å². The molecule has 1 unspecified atom stereocenters. The molecule has 0 saturated heterocycles. The Morgan fingerprint density at radius 3 is 2.44 bits per heavy atom. The molecule has 1 aromatic rings. The standard InChI is InChI=1S/C14H26N4/c1-7-9-12-16-13(15-5)11(4)14(17-12)18(6)10(3)8-2/h10H,7-9H2,1-6H3,(H,15,16,17). The summed E-state index contributed by atoms with van der Waals surface area (Å²) < 4.78 is 0. The van der Waals surface area contributed by atoms with Gasteiger partial charge in [0.1, 0.15) is 17.5 Å². The van der Waals surface area contributed by atoms with E-state index in [2.05, 4.69) is 49.9 Å². The Morgan fingerprint density at radius 2 is 1.94 bits per heavy atom. The second kappa shape index (κ2) is 6.57. The largest absolute Gasteiger partial charge is 0.373 e. The lowest BCUT2D eigenvalue weighted by atomic mass is 10.2. The van der Waals surface area contributed by atoms with E-state index in [0.29, 0.717) is 6.04 Å². The number of hydrogen-bond donors (Lipinski definition) is 1. The first-order valence-corrected chi connectivity index (χ1v) is 6.83. The molecule has 102 valence electrons.